The lowest BCUT2D eigenvalue weighted by Crippen LogP contribution is -2.15. The van der Waals surface area contributed by atoms with Gasteiger partial charge in [0.2, 0.25) is 0 Å². The van der Waals surface area contributed by atoms with Gasteiger partial charge >= 0.3 is 5.97 Å². The number of nitro groups is 1. The number of non-ortho nitro benzene ring substituents is 1. The number of esters is 1. The number of rotatable bonds is 5. The molecule has 0 unspecified atom stereocenters. The molecule has 7 nitrogen and oxygen atoms in total. The first kappa shape index (κ1) is 15.1. The lowest BCUT2D eigenvalue weighted by molar-refractivity contribution is -0.384. The molecule has 0 atom stereocenters. The molecule has 8 heteroatoms. The topological polar surface area (TPSA) is 93.8 Å². The summed E-state index contributed by atoms with van der Waals surface area (Å²) < 4.78 is 5.24. The molecule has 102 valence electrons. The van der Waals surface area contributed by atoms with E-state index in [9.17, 15) is 14.9 Å². The molecule has 1 N–H and O–H groups in total. The number of nitrogens with one attached hydrogen (secondary N) is 1. The van der Waals surface area contributed by atoms with Crippen LogP contribution >= 0.6 is 15.9 Å². The molecule has 1 aromatic carbocycles. The fourth-order valence-electron chi connectivity index (χ4n) is 1.13. The van der Waals surface area contributed by atoms with Crippen LogP contribution < -0.4 is 5.43 Å². The Balaban J connectivity index is 2.81. The summed E-state index contributed by atoms with van der Waals surface area (Å²) >= 11 is 3.18. The Morgan fingerprint density at radius 2 is 2.26 bits per heavy atom. The molecule has 0 aliphatic rings. The normalized spacial score (nSPS) is 11.0. The van der Waals surface area contributed by atoms with Gasteiger partial charge in [0.05, 0.1) is 17.2 Å². The standard InChI is InChI=1S/C11H12BrN3O4/c1-3-19-11(16)7(2)13-14-10-5-4-8(15(17)18)6-9(10)12/h4-6,14H,3H2,1-2H3/b13-7+. The summed E-state index contributed by atoms with van der Waals surface area (Å²) in [6.07, 6.45) is 0. The number of halogens is 1. The lowest BCUT2D eigenvalue weighted by Gasteiger charge is -2.05. The van der Waals surface area contributed by atoms with Crippen molar-refractivity contribution in [2.24, 2.45) is 5.10 Å². The number of hydrazone groups is 1. The first-order chi connectivity index (χ1) is 8.95. The molecule has 0 radical (unpaired) electrons. The fraction of sp³-hybridized carbons (Fsp3) is 0.273. The van der Waals surface area contributed by atoms with E-state index in [-0.39, 0.29) is 18.0 Å². The van der Waals surface area contributed by atoms with Crippen LogP contribution in [-0.4, -0.2) is 23.2 Å². The predicted molar refractivity (Wildman–Crippen MR) is 74.2 cm³/mol. The van der Waals surface area contributed by atoms with Crippen molar-refractivity contribution in [2.45, 2.75) is 13.8 Å². The van der Waals surface area contributed by atoms with E-state index in [0.29, 0.717) is 10.2 Å². The van der Waals surface area contributed by atoms with Crippen molar-refractivity contribution in [3.8, 4) is 0 Å². The quantitative estimate of drug-likeness (QED) is 0.388. The van der Waals surface area contributed by atoms with Gasteiger partial charge in [0.25, 0.3) is 5.69 Å². The Morgan fingerprint density at radius 3 is 2.79 bits per heavy atom. The maximum Gasteiger partial charge on any atom is 0.354 e. The molecule has 0 saturated heterocycles. The van der Waals surface area contributed by atoms with Crippen molar-refractivity contribution in [1.82, 2.24) is 0 Å². The number of benzene rings is 1. The summed E-state index contributed by atoms with van der Waals surface area (Å²) in [6, 6.07) is 4.17. The first-order valence-electron chi connectivity index (χ1n) is 5.37. The Hall–Kier alpha value is -1.96. The molecule has 0 fully saturated rings. The zero-order valence-corrected chi connectivity index (χ0v) is 11.9. The third kappa shape index (κ3) is 4.32. The van der Waals surface area contributed by atoms with Crippen LogP contribution in [0.15, 0.2) is 27.8 Å². The smallest absolute Gasteiger partial charge is 0.354 e. The highest BCUT2D eigenvalue weighted by Crippen LogP contribution is 2.27. The Bertz CT molecular complexity index is 531. The first-order valence-corrected chi connectivity index (χ1v) is 6.16. The molecule has 0 aliphatic carbocycles. The van der Waals surface area contributed by atoms with E-state index in [1.165, 1.54) is 25.1 Å². The van der Waals surface area contributed by atoms with Crippen LogP contribution in [-0.2, 0) is 9.53 Å². The molecular formula is C11H12BrN3O4. The van der Waals surface area contributed by atoms with E-state index in [4.69, 9.17) is 4.74 Å². The van der Waals surface area contributed by atoms with Crippen LogP contribution in [0.25, 0.3) is 0 Å². The average Bonchev–Trinajstić information content (AvgIpc) is 2.36. The third-order valence-electron chi connectivity index (χ3n) is 2.08. The van der Waals surface area contributed by atoms with E-state index in [0.717, 1.165) is 0 Å². The number of carbonyl (C=O) groups is 1. The van der Waals surface area contributed by atoms with Gasteiger partial charge in [0.1, 0.15) is 5.71 Å². The third-order valence-corrected chi connectivity index (χ3v) is 2.73. The van der Waals surface area contributed by atoms with Gasteiger partial charge < -0.3 is 4.74 Å². The van der Waals surface area contributed by atoms with Gasteiger partial charge in [-0.25, -0.2) is 4.79 Å². The predicted octanol–water partition coefficient (Wildman–Crippen LogP) is 2.71. The number of hydrogen-bond donors (Lipinski definition) is 1. The van der Waals surface area contributed by atoms with E-state index >= 15 is 0 Å². The molecule has 1 aromatic rings. The molecule has 0 aliphatic heterocycles. The number of hydrogen-bond acceptors (Lipinski definition) is 6. The highest BCUT2D eigenvalue weighted by molar-refractivity contribution is 9.10. The van der Waals surface area contributed by atoms with Crippen molar-refractivity contribution in [2.75, 3.05) is 12.0 Å². The highest BCUT2D eigenvalue weighted by atomic mass is 79.9. The monoisotopic (exact) mass is 329 g/mol. The molecule has 0 spiro atoms. The highest BCUT2D eigenvalue weighted by Gasteiger charge is 2.10. The van der Waals surface area contributed by atoms with Gasteiger partial charge in [-0.05, 0) is 35.8 Å². The lowest BCUT2D eigenvalue weighted by atomic mass is 10.3. The molecule has 19 heavy (non-hydrogen) atoms. The molecule has 0 amide bonds. The Kier molecular flexibility index (Phi) is 5.43. The minimum Gasteiger partial charge on any atom is -0.461 e. The number of nitro benzene ring substituents is 1. The maximum absolute atomic E-state index is 11.3. The summed E-state index contributed by atoms with van der Waals surface area (Å²) in [5, 5.41) is 14.4. The zero-order chi connectivity index (χ0) is 14.4. The van der Waals surface area contributed by atoms with Crippen LogP contribution in [0.3, 0.4) is 0 Å². The SMILES string of the molecule is CCOC(=O)/C(C)=N/Nc1ccc([N+](=O)[O-])cc1Br. The van der Waals surface area contributed by atoms with Crippen molar-refractivity contribution >= 4 is 39.0 Å². The van der Waals surface area contributed by atoms with E-state index in [2.05, 4.69) is 26.5 Å². The fourth-order valence-corrected chi connectivity index (χ4v) is 1.59. The van der Waals surface area contributed by atoms with Crippen LogP contribution in [0.2, 0.25) is 0 Å². The Labute approximate surface area is 117 Å². The van der Waals surface area contributed by atoms with Gasteiger partial charge in [-0.3, -0.25) is 15.5 Å². The van der Waals surface area contributed by atoms with Gasteiger partial charge in [0.15, 0.2) is 0 Å². The number of carbonyl (C=O) groups excluding carboxylic acids is 1. The zero-order valence-electron chi connectivity index (χ0n) is 10.3. The number of nitrogens with zero attached hydrogens (tertiary/aromatic N) is 2. The largest absolute Gasteiger partial charge is 0.461 e. The summed E-state index contributed by atoms with van der Waals surface area (Å²) in [7, 11) is 0. The minimum absolute atomic E-state index is 0.0384. The number of ether oxygens (including phenoxy) is 1. The van der Waals surface area contributed by atoms with Crippen LogP contribution in [0, 0.1) is 10.1 Å². The van der Waals surface area contributed by atoms with Gasteiger partial charge in [-0.15, -0.1) is 0 Å². The van der Waals surface area contributed by atoms with Crippen molar-refractivity contribution < 1.29 is 14.5 Å². The van der Waals surface area contributed by atoms with Crippen LogP contribution in [0.1, 0.15) is 13.8 Å². The molecule has 0 saturated carbocycles. The summed E-state index contributed by atoms with van der Waals surface area (Å²) in [6.45, 7) is 3.47. The second kappa shape index (κ2) is 6.83. The van der Waals surface area contributed by atoms with Crippen molar-refractivity contribution in [1.29, 1.82) is 0 Å². The van der Waals surface area contributed by atoms with Gasteiger partial charge in [0, 0.05) is 16.6 Å². The maximum atomic E-state index is 11.3. The second-order valence-electron chi connectivity index (χ2n) is 3.45. The summed E-state index contributed by atoms with van der Waals surface area (Å²) in [4.78, 5) is 21.4. The van der Waals surface area contributed by atoms with Crippen molar-refractivity contribution in [3.63, 3.8) is 0 Å². The van der Waals surface area contributed by atoms with Gasteiger partial charge in [-0.1, -0.05) is 0 Å². The summed E-state index contributed by atoms with van der Waals surface area (Å²) in [5.41, 5.74) is 3.27. The van der Waals surface area contributed by atoms with E-state index in [1.807, 2.05) is 0 Å². The van der Waals surface area contributed by atoms with Crippen molar-refractivity contribution in [3.05, 3.63) is 32.8 Å². The molecule has 0 bridgehead atoms. The number of anilines is 1. The Morgan fingerprint density at radius 1 is 1.58 bits per heavy atom. The van der Waals surface area contributed by atoms with Gasteiger partial charge in [-0.2, -0.15) is 5.10 Å². The summed E-state index contributed by atoms with van der Waals surface area (Å²) in [5.74, 6) is -0.520. The average molecular weight is 330 g/mol. The minimum atomic E-state index is -0.520. The van der Waals surface area contributed by atoms with Crippen LogP contribution in [0.5, 0.6) is 0 Å². The molecular weight excluding hydrogens is 318 g/mol. The molecule has 0 aromatic heterocycles. The molecule has 0 heterocycles. The van der Waals surface area contributed by atoms with E-state index in [1.54, 1.807) is 6.92 Å². The molecule has 1 rings (SSSR count). The van der Waals surface area contributed by atoms with E-state index < -0.39 is 10.9 Å². The second-order valence-corrected chi connectivity index (χ2v) is 4.31. The van der Waals surface area contributed by atoms with Crippen LogP contribution in [0.4, 0.5) is 11.4 Å².